The maximum atomic E-state index is 12.5. The fourth-order valence-electron chi connectivity index (χ4n) is 2.48. The highest BCUT2D eigenvalue weighted by Crippen LogP contribution is 2.36. The highest BCUT2D eigenvalue weighted by Gasteiger charge is 2.39. The van der Waals surface area contributed by atoms with E-state index in [-0.39, 0.29) is 11.5 Å². The first kappa shape index (κ1) is 12.4. The molecule has 0 aromatic heterocycles. The number of methoxy groups -OCH3 is 1. The predicted molar refractivity (Wildman–Crippen MR) is 75.9 cm³/mol. The molecule has 0 fully saturated rings. The van der Waals surface area contributed by atoms with E-state index < -0.39 is 0 Å². The molecule has 0 radical (unpaired) electrons. The highest BCUT2D eigenvalue weighted by molar-refractivity contribution is 6.52. The van der Waals surface area contributed by atoms with Crippen LogP contribution in [0.3, 0.4) is 0 Å². The molecule has 0 saturated carbocycles. The summed E-state index contributed by atoms with van der Waals surface area (Å²) in [6.45, 7) is 1.88. The molecule has 0 amide bonds. The molecule has 3 rings (SSSR count). The molecule has 2 aromatic rings. The largest absolute Gasteiger partial charge is 0.618 e. The second-order valence-corrected chi connectivity index (χ2v) is 4.64. The number of carbonyl (C=O) groups is 1. The molecule has 0 saturated heterocycles. The van der Waals surface area contributed by atoms with Crippen LogP contribution in [0, 0.1) is 12.1 Å². The van der Waals surface area contributed by atoms with Crippen LogP contribution < -0.4 is 4.74 Å². The molecule has 100 valence electrons. The molecule has 0 aliphatic carbocycles. The summed E-state index contributed by atoms with van der Waals surface area (Å²) < 4.78 is 5.86. The van der Waals surface area contributed by atoms with Crippen LogP contribution >= 0.6 is 0 Å². The average Bonchev–Trinajstić information content (AvgIpc) is 2.72. The third-order valence-corrected chi connectivity index (χ3v) is 3.48. The van der Waals surface area contributed by atoms with Gasteiger partial charge >= 0.3 is 0 Å². The number of ether oxygens (including phenoxy) is 1. The van der Waals surface area contributed by atoms with Crippen molar-refractivity contribution >= 4 is 17.2 Å². The molecule has 0 atom stereocenters. The molecule has 1 aliphatic rings. The number of Topliss-reactive ketones (excluding diaryl/α,β-unsaturated/α-hetero) is 1. The van der Waals surface area contributed by atoms with Gasteiger partial charge in [-0.2, -0.15) is 4.74 Å². The molecule has 0 bridgehead atoms. The molecular formula is C16H13NO3. The van der Waals surface area contributed by atoms with Gasteiger partial charge in [-0.15, -0.1) is 0 Å². The van der Waals surface area contributed by atoms with Crippen molar-refractivity contribution in [1.29, 1.82) is 0 Å². The molecule has 1 aliphatic heterocycles. The lowest BCUT2D eigenvalue weighted by molar-refractivity contribution is -0.356. The summed E-state index contributed by atoms with van der Waals surface area (Å²) in [5, 5.41) is 12.5. The Bertz CT molecular complexity index is 747. The fraction of sp³-hybridized carbons (Fsp3) is 0.125. The Kier molecular flexibility index (Phi) is 2.79. The van der Waals surface area contributed by atoms with Crippen molar-refractivity contribution < 1.29 is 14.3 Å². The van der Waals surface area contributed by atoms with E-state index in [0.29, 0.717) is 27.3 Å². The van der Waals surface area contributed by atoms with Crippen molar-refractivity contribution in [2.45, 2.75) is 6.92 Å². The Balaban J connectivity index is 2.27. The summed E-state index contributed by atoms with van der Waals surface area (Å²) in [6, 6.07) is 12.4. The smallest absolute Gasteiger partial charge is 0.273 e. The van der Waals surface area contributed by atoms with Gasteiger partial charge in [0, 0.05) is 0 Å². The number of hydrogen-bond acceptors (Lipinski definition) is 3. The first-order chi connectivity index (χ1) is 9.65. The van der Waals surface area contributed by atoms with Gasteiger partial charge in [-0.1, -0.05) is 24.3 Å². The van der Waals surface area contributed by atoms with Crippen LogP contribution in [0.25, 0.3) is 0 Å². The van der Waals surface area contributed by atoms with Gasteiger partial charge in [-0.05, 0) is 30.7 Å². The maximum Gasteiger partial charge on any atom is 0.273 e. The Morgan fingerprint density at radius 3 is 2.45 bits per heavy atom. The third-order valence-electron chi connectivity index (χ3n) is 3.48. The Morgan fingerprint density at radius 1 is 1.05 bits per heavy atom. The Morgan fingerprint density at radius 2 is 1.75 bits per heavy atom. The van der Waals surface area contributed by atoms with Crippen molar-refractivity contribution in [3.63, 3.8) is 0 Å². The zero-order chi connectivity index (χ0) is 14.3. The van der Waals surface area contributed by atoms with E-state index in [1.807, 2.05) is 25.1 Å². The summed E-state index contributed by atoms with van der Waals surface area (Å²) in [5.74, 6) is 0.151. The summed E-state index contributed by atoms with van der Waals surface area (Å²) in [5.41, 5.74) is 2.38. The number of fused-ring (bicyclic) bond motifs is 1. The van der Waals surface area contributed by atoms with Gasteiger partial charge in [0.15, 0.2) is 5.75 Å². The minimum atomic E-state index is -0.261. The van der Waals surface area contributed by atoms with Crippen LogP contribution in [0.4, 0.5) is 5.69 Å². The minimum absolute atomic E-state index is 0.155. The van der Waals surface area contributed by atoms with E-state index >= 15 is 0 Å². The van der Waals surface area contributed by atoms with Crippen molar-refractivity contribution in [3.8, 4) is 5.75 Å². The number of benzene rings is 2. The number of ketones is 1. The second kappa shape index (κ2) is 4.49. The molecule has 4 nitrogen and oxygen atoms in total. The zero-order valence-electron chi connectivity index (χ0n) is 11.2. The van der Waals surface area contributed by atoms with E-state index in [1.54, 1.807) is 24.3 Å². The first-order valence-corrected chi connectivity index (χ1v) is 6.27. The fourth-order valence-corrected chi connectivity index (χ4v) is 2.48. The van der Waals surface area contributed by atoms with Gasteiger partial charge in [0.05, 0.1) is 12.7 Å². The van der Waals surface area contributed by atoms with E-state index in [4.69, 9.17) is 4.74 Å². The lowest BCUT2D eigenvalue weighted by Gasteiger charge is -2.06. The van der Waals surface area contributed by atoms with Gasteiger partial charge in [0.2, 0.25) is 0 Å². The topological polar surface area (TPSA) is 52.4 Å². The van der Waals surface area contributed by atoms with Gasteiger partial charge in [-0.25, -0.2) is 0 Å². The van der Waals surface area contributed by atoms with E-state index in [9.17, 15) is 10.0 Å². The number of hydrogen-bond donors (Lipinski definition) is 0. The van der Waals surface area contributed by atoms with Crippen LogP contribution in [-0.2, 0) is 0 Å². The molecule has 0 N–H and O–H groups in total. The van der Waals surface area contributed by atoms with Crippen LogP contribution in [-0.4, -0.2) is 23.3 Å². The molecule has 4 heteroatoms. The summed E-state index contributed by atoms with van der Waals surface area (Å²) in [4.78, 5) is 12.5. The second-order valence-electron chi connectivity index (χ2n) is 4.64. The Hall–Kier alpha value is -2.62. The average molecular weight is 267 g/mol. The predicted octanol–water partition coefficient (Wildman–Crippen LogP) is 2.83. The van der Waals surface area contributed by atoms with E-state index in [1.165, 1.54) is 7.11 Å². The highest BCUT2D eigenvalue weighted by atomic mass is 16.5. The van der Waals surface area contributed by atoms with Gasteiger partial charge in [-0.3, -0.25) is 4.79 Å². The molecular weight excluding hydrogens is 254 g/mol. The number of nitrogens with zero attached hydrogens (tertiary/aromatic N) is 1. The molecule has 20 heavy (non-hydrogen) atoms. The molecule has 2 aromatic carbocycles. The van der Waals surface area contributed by atoms with Gasteiger partial charge in [0.1, 0.15) is 5.56 Å². The molecule has 1 heterocycles. The van der Waals surface area contributed by atoms with Crippen LogP contribution in [0.5, 0.6) is 5.75 Å². The zero-order valence-corrected chi connectivity index (χ0v) is 11.2. The standard InChI is InChI=1S/C16H13NO3/c1-10-6-3-4-7-11(10)15-16(18)12-8-5-9-13(20-2)14(12)17(15)19/h3-9H,1-2H3. The Labute approximate surface area is 116 Å². The SMILES string of the molecule is COc1cccc2c1[N+]([O-])=C(c1ccccc1C)C2=O. The maximum absolute atomic E-state index is 12.5. The van der Waals surface area contributed by atoms with Crippen molar-refractivity contribution in [1.82, 2.24) is 0 Å². The van der Waals surface area contributed by atoms with Crippen molar-refractivity contribution in [2.24, 2.45) is 0 Å². The van der Waals surface area contributed by atoms with Gasteiger partial charge in [0.25, 0.3) is 17.2 Å². The summed E-state index contributed by atoms with van der Waals surface area (Å²) in [6.07, 6.45) is 0. The van der Waals surface area contributed by atoms with E-state index in [2.05, 4.69) is 0 Å². The van der Waals surface area contributed by atoms with E-state index in [0.717, 1.165) is 5.56 Å². The van der Waals surface area contributed by atoms with Crippen LogP contribution in [0.15, 0.2) is 42.5 Å². The number of carbonyl (C=O) groups excluding carboxylic acids is 1. The monoisotopic (exact) mass is 267 g/mol. The van der Waals surface area contributed by atoms with Crippen LogP contribution in [0.1, 0.15) is 21.5 Å². The van der Waals surface area contributed by atoms with Crippen molar-refractivity contribution in [2.75, 3.05) is 7.11 Å². The lowest BCUT2D eigenvalue weighted by Crippen LogP contribution is -2.17. The summed E-state index contributed by atoms with van der Waals surface area (Å²) >= 11 is 0. The first-order valence-electron chi connectivity index (χ1n) is 6.27. The third kappa shape index (κ3) is 1.61. The quantitative estimate of drug-likeness (QED) is 0.621. The van der Waals surface area contributed by atoms with Crippen LogP contribution in [0.2, 0.25) is 0 Å². The number of rotatable bonds is 2. The number of para-hydroxylation sites is 1. The van der Waals surface area contributed by atoms with Crippen molar-refractivity contribution in [3.05, 3.63) is 64.4 Å². The molecule has 0 unspecified atom stereocenters. The normalized spacial score (nSPS) is 13.6. The van der Waals surface area contributed by atoms with Gasteiger partial charge < -0.3 is 9.94 Å². The lowest BCUT2D eigenvalue weighted by atomic mass is 9.99. The summed E-state index contributed by atoms with van der Waals surface area (Å²) in [7, 11) is 1.49. The molecule has 0 spiro atoms. The minimum Gasteiger partial charge on any atom is -0.618 e. The number of aryl methyl sites for hydroxylation is 1.